The molecule has 1 rings (SSSR count). The summed E-state index contributed by atoms with van der Waals surface area (Å²) in [5.74, 6) is -0.827. The quantitative estimate of drug-likeness (QED) is 0.817. The number of nitrogens with zero attached hydrogens (tertiary/aromatic N) is 1. The van der Waals surface area contributed by atoms with Gasteiger partial charge in [0.15, 0.2) is 0 Å². The number of carbonyl (C=O) groups excluding carboxylic acids is 1. The van der Waals surface area contributed by atoms with Crippen LogP contribution in [-0.4, -0.2) is 35.1 Å². The van der Waals surface area contributed by atoms with Crippen molar-refractivity contribution in [2.24, 2.45) is 0 Å². The van der Waals surface area contributed by atoms with Gasteiger partial charge in [0, 0.05) is 13.1 Å². The second-order valence-corrected chi connectivity index (χ2v) is 3.40. The highest BCUT2D eigenvalue weighted by Gasteiger charge is 2.11. The first-order chi connectivity index (χ1) is 8.08. The maximum atomic E-state index is 11.6. The third-order valence-electron chi connectivity index (χ3n) is 2.34. The van der Waals surface area contributed by atoms with Crippen LogP contribution in [0.4, 0.5) is 4.79 Å². The van der Waals surface area contributed by atoms with Crippen molar-refractivity contribution in [3.8, 4) is 0 Å². The van der Waals surface area contributed by atoms with Gasteiger partial charge >= 0.3 is 12.0 Å². The van der Waals surface area contributed by atoms with E-state index in [-0.39, 0.29) is 18.3 Å². The molecule has 2 N–H and O–H groups in total. The second kappa shape index (κ2) is 5.93. The van der Waals surface area contributed by atoms with Crippen molar-refractivity contribution in [1.82, 2.24) is 10.2 Å². The van der Waals surface area contributed by atoms with Crippen LogP contribution in [0.2, 0.25) is 0 Å². The molecule has 0 saturated carbocycles. The number of aromatic carboxylic acids is 1. The van der Waals surface area contributed by atoms with Crippen LogP contribution in [0.3, 0.4) is 0 Å². The molecule has 1 aromatic rings. The standard InChI is InChI=1S/C11H16N2O4/c1-3-13(4-2)11(16)12-7-8-5-6-9(17-8)10(14)15/h5-6H,3-4,7H2,1-2H3,(H,12,16)(H,14,15). The van der Waals surface area contributed by atoms with Gasteiger partial charge in [-0.3, -0.25) is 0 Å². The molecule has 0 spiro atoms. The van der Waals surface area contributed by atoms with Gasteiger partial charge in [-0.05, 0) is 26.0 Å². The monoisotopic (exact) mass is 240 g/mol. The highest BCUT2D eigenvalue weighted by molar-refractivity contribution is 5.84. The van der Waals surface area contributed by atoms with Crippen LogP contribution < -0.4 is 5.32 Å². The summed E-state index contributed by atoms with van der Waals surface area (Å²) in [6.07, 6.45) is 0. The smallest absolute Gasteiger partial charge is 0.371 e. The van der Waals surface area contributed by atoms with Gasteiger partial charge in [-0.25, -0.2) is 9.59 Å². The Morgan fingerprint density at radius 1 is 1.35 bits per heavy atom. The van der Waals surface area contributed by atoms with E-state index in [0.29, 0.717) is 18.8 Å². The largest absolute Gasteiger partial charge is 0.475 e. The van der Waals surface area contributed by atoms with Crippen molar-refractivity contribution in [3.05, 3.63) is 23.7 Å². The highest BCUT2D eigenvalue weighted by Crippen LogP contribution is 2.07. The molecule has 0 bridgehead atoms. The summed E-state index contributed by atoms with van der Waals surface area (Å²) in [4.78, 5) is 23.8. The van der Waals surface area contributed by atoms with Crippen molar-refractivity contribution < 1.29 is 19.1 Å². The maximum Gasteiger partial charge on any atom is 0.371 e. The van der Waals surface area contributed by atoms with E-state index in [1.54, 1.807) is 4.90 Å². The maximum absolute atomic E-state index is 11.6. The van der Waals surface area contributed by atoms with E-state index in [2.05, 4.69) is 5.32 Å². The summed E-state index contributed by atoms with van der Waals surface area (Å²) in [5, 5.41) is 11.3. The van der Waals surface area contributed by atoms with Gasteiger partial charge < -0.3 is 19.7 Å². The minimum Gasteiger partial charge on any atom is -0.475 e. The topological polar surface area (TPSA) is 82.8 Å². The number of urea groups is 1. The molecule has 0 aliphatic heterocycles. The van der Waals surface area contributed by atoms with Crippen LogP contribution in [0.15, 0.2) is 16.5 Å². The van der Waals surface area contributed by atoms with Gasteiger partial charge in [-0.15, -0.1) is 0 Å². The van der Waals surface area contributed by atoms with Crippen molar-refractivity contribution in [2.45, 2.75) is 20.4 Å². The Bertz CT molecular complexity index is 396. The van der Waals surface area contributed by atoms with E-state index >= 15 is 0 Å². The molecule has 94 valence electrons. The average molecular weight is 240 g/mol. The zero-order valence-electron chi connectivity index (χ0n) is 9.90. The van der Waals surface area contributed by atoms with E-state index in [1.165, 1.54) is 12.1 Å². The lowest BCUT2D eigenvalue weighted by atomic mass is 10.4. The van der Waals surface area contributed by atoms with Gasteiger partial charge in [0.05, 0.1) is 6.54 Å². The first kappa shape index (κ1) is 13.1. The lowest BCUT2D eigenvalue weighted by Gasteiger charge is -2.18. The molecule has 6 nitrogen and oxygen atoms in total. The van der Waals surface area contributed by atoms with Gasteiger partial charge in [0.25, 0.3) is 0 Å². The van der Waals surface area contributed by atoms with Crippen LogP contribution in [0.25, 0.3) is 0 Å². The molecule has 0 unspecified atom stereocenters. The Labute approximate surface area is 99.2 Å². The van der Waals surface area contributed by atoms with Crippen LogP contribution in [0.5, 0.6) is 0 Å². The highest BCUT2D eigenvalue weighted by atomic mass is 16.4. The Morgan fingerprint density at radius 2 is 2.00 bits per heavy atom. The molecule has 0 aliphatic carbocycles. The van der Waals surface area contributed by atoms with Crippen molar-refractivity contribution in [3.63, 3.8) is 0 Å². The Morgan fingerprint density at radius 3 is 2.47 bits per heavy atom. The number of hydrogen-bond acceptors (Lipinski definition) is 3. The Hall–Kier alpha value is -1.98. The number of rotatable bonds is 5. The fourth-order valence-corrected chi connectivity index (χ4v) is 1.37. The fraction of sp³-hybridized carbons (Fsp3) is 0.455. The molecule has 1 heterocycles. The molecule has 1 aromatic heterocycles. The van der Waals surface area contributed by atoms with Crippen LogP contribution in [-0.2, 0) is 6.54 Å². The van der Waals surface area contributed by atoms with Crippen molar-refractivity contribution in [1.29, 1.82) is 0 Å². The van der Waals surface area contributed by atoms with Gasteiger partial charge in [-0.2, -0.15) is 0 Å². The van der Waals surface area contributed by atoms with E-state index in [4.69, 9.17) is 9.52 Å². The van der Waals surface area contributed by atoms with Gasteiger partial charge in [-0.1, -0.05) is 0 Å². The number of hydrogen-bond donors (Lipinski definition) is 2. The number of carboxylic acid groups (broad SMARTS) is 1. The Kier molecular flexibility index (Phi) is 4.56. The van der Waals surface area contributed by atoms with E-state index in [1.807, 2.05) is 13.8 Å². The Balaban J connectivity index is 2.49. The molecular weight excluding hydrogens is 224 g/mol. The normalized spacial score (nSPS) is 10.0. The fourth-order valence-electron chi connectivity index (χ4n) is 1.37. The molecule has 0 radical (unpaired) electrons. The first-order valence-electron chi connectivity index (χ1n) is 5.43. The predicted octanol–water partition coefficient (Wildman–Crippen LogP) is 1.53. The summed E-state index contributed by atoms with van der Waals surface area (Å²) < 4.78 is 5.01. The first-order valence-corrected chi connectivity index (χ1v) is 5.43. The summed E-state index contributed by atoms with van der Waals surface area (Å²) in [6.45, 7) is 5.21. The number of nitrogens with one attached hydrogen (secondary N) is 1. The zero-order valence-corrected chi connectivity index (χ0v) is 9.90. The zero-order chi connectivity index (χ0) is 12.8. The SMILES string of the molecule is CCN(CC)C(=O)NCc1ccc(C(=O)O)o1. The predicted molar refractivity (Wildman–Crippen MR) is 60.8 cm³/mol. The molecule has 0 saturated heterocycles. The second-order valence-electron chi connectivity index (χ2n) is 3.40. The van der Waals surface area contributed by atoms with Crippen LogP contribution in [0, 0.1) is 0 Å². The molecule has 0 aromatic carbocycles. The van der Waals surface area contributed by atoms with Crippen LogP contribution in [0.1, 0.15) is 30.2 Å². The van der Waals surface area contributed by atoms with Crippen LogP contribution >= 0.6 is 0 Å². The van der Waals surface area contributed by atoms with E-state index < -0.39 is 5.97 Å². The lowest BCUT2D eigenvalue weighted by molar-refractivity contribution is 0.0660. The molecule has 2 amide bonds. The molecule has 0 atom stereocenters. The van der Waals surface area contributed by atoms with Crippen molar-refractivity contribution >= 4 is 12.0 Å². The summed E-state index contributed by atoms with van der Waals surface area (Å²) in [6, 6.07) is 2.70. The molecule has 17 heavy (non-hydrogen) atoms. The third-order valence-corrected chi connectivity index (χ3v) is 2.34. The summed E-state index contributed by atoms with van der Waals surface area (Å²) in [5.41, 5.74) is 0. The summed E-state index contributed by atoms with van der Waals surface area (Å²) >= 11 is 0. The lowest BCUT2D eigenvalue weighted by Crippen LogP contribution is -2.39. The summed E-state index contributed by atoms with van der Waals surface area (Å²) in [7, 11) is 0. The number of amides is 2. The average Bonchev–Trinajstić information content (AvgIpc) is 2.76. The molecule has 0 fully saturated rings. The minimum atomic E-state index is -1.12. The molecule has 0 aliphatic rings. The number of furan rings is 1. The van der Waals surface area contributed by atoms with E-state index in [9.17, 15) is 9.59 Å². The molecular formula is C11H16N2O4. The van der Waals surface area contributed by atoms with E-state index in [0.717, 1.165) is 0 Å². The number of carboxylic acids is 1. The molecule has 6 heteroatoms. The van der Waals surface area contributed by atoms with Gasteiger partial charge in [0.1, 0.15) is 5.76 Å². The minimum absolute atomic E-state index is 0.128. The third kappa shape index (κ3) is 3.51. The van der Waals surface area contributed by atoms with Crippen molar-refractivity contribution in [2.75, 3.05) is 13.1 Å². The number of carbonyl (C=O) groups is 2. The van der Waals surface area contributed by atoms with Gasteiger partial charge in [0.2, 0.25) is 5.76 Å².